The number of nitrogens with zero attached hydrogens (tertiary/aromatic N) is 3. The maximum absolute atomic E-state index is 13.3. The molecule has 0 spiro atoms. The molecule has 1 aromatic carbocycles. The summed E-state index contributed by atoms with van der Waals surface area (Å²) in [4.78, 5) is 78.6. The maximum atomic E-state index is 13.3. The van der Waals surface area contributed by atoms with E-state index in [0.717, 1.165) is 4.90 Å². The van der Waals surface area contributed by atoms with Crippen molar-refractivity contribution in [3.05, 3.63) is 35.9 Å². The van der Waals surface area contributed by atoms with E-state index in [1.807, 2.05) is 0 Å². The van der Waals surface area contributed by atoms with Crippen molar-refractivity contribution in [1.29, 1.82) is 0 Å². The van der Waals surface area contributed by atoms with Crippen LogP contribution in [0.2, 0.25) is 0 Å². The minimum absolute atomic E-state index is 0. The first-order valence-electron chi connectivity index (χ1n) is 11.5. The van der Waals surface area contributed by atoms with Gasteiger partial charge in [-0.25, -0.2) is 4.79 Å². The van der Waals surface area contributed by atoms with Crippen molar-refractivity contribution in [2.75, 3.05) is 19.6 Å². The Kier molecular flexibility index (Phi) is 8.62. The van der Waals surface area contributed by atoms with Gasteiger partial charge in [-0.05, 0) is 26.3 Å². The number of benzene rings is 1. The van der Waals surface area contributed by atoms with Gasteiger partial charge in [0.15, 0.2) is 0 Å². The summed E-state index contributed by atoms with van der Waals surface area (Å²) in [7, 11) is 0. The van der Waals surface area contributed by atoms with Crippen LogP contribution in [-0.2, 0) is 24.0 Å². The molecular formula is C23H26N5NaO7S. The van der Waals surface area contributed by atoms with Gasteiger partial charge >= 0.3 is 47.4 Å². The van der Waals surface area contributed by atoms with Crippen LogP contribution in [0, 0.1) is 0 Å². The summed E-state index contributed by atoms with van der Waals surface area (Å²) >= 11 is 1.24. The topological polar surface area (TPSA) is 159 Å². The molecule has 0 aliphatic carbocycles. The molecular weight excluding hydrogens is 513 g/mol. The number of aliphatic carboxylic acids is 1. The number of thioether (sulfide) groups is 1. The number of carboxylic acids is 1. The first kappa shape index (κ1) is 29.0. The Labute approximate surface area is 239 Å². The van der Waals surface area contributed by atoms with Crippen molar-refractivity contribution in [3.63, 3.8) is 0 Å². The summed E-state index contributed by atoms with van der Waals surface area (Å²) in [6.45, 7) is 5.58. The second kappa shape index (κ2) is 11.0. The Bertz CT molecular complexity index is 1130. The van der Waals surface area contributed by atoms with Gasteiger partial charge in [0, 0.05) is 24.4 Å². The van der Waals surface area contributed by atoms with Crippen LogP contribution in [0.4, 0.5) is 4.79 Å². The molecule has 3 aliphatic rings. The summed E-state index contributed by atoms with van der Waals surface area (Å²) in [6.07, 6.45) is 0. The van der Waals surface area contributed by atoms with E-state index in [4.69, 9.17) is 0 Å². The average molecular weight is 540 g/mol. The fourth-order valence-electron chi connectivity index (χ4n) is 4.68. The van der Waals surface area contributed by atoms with E-state index in [1.165, 1.54) is 21.6 Å². The number of carbonyl (C=O) groups excluding carboxylic acids is 6. The number of imide groups is 1. The molecule has 0 radical (unpaired) electrons. The fraction of sp³-hybridized carbons (Fsp3) is 0.478. The van der Waals surface area contributed by atoms with E-state index in [0.29, 0.717) is 12.1 Å². The molecule has 3 heterocycles. The molecule has 192 valence electrons. The minimum atomic E-state index is -1.37. The zero-order valence-electron chi connectivity index (χ0n) is 20.9. The zero-order valence-corrected chi connectivity index (χ0v) is 23.7. The van der Waals surface area contributed by atoms with Gasteiger partial charge in [0.05, 0.1) is 12.0 Å². The van der Waals surface area contributed by atoms with E-state index in [1.54, 1.807) is 51.1 Å². The van der Waals surface area contributed by atoms with Crippen molar-refractivity contribution in [2.24, 2.45) is 0 Å². The van der Waals surface area contributed by atoms with Gasteiger partial charge in [0.1, 0.15) is 17.5 Å². The predicted molar refractivity (Wildman–Crippen MR) is 125 cm³/mol. The third-order valence-corrected chi connectivity index (χ3v) is 8.13. The second-order valence-corrected chi connectivity index (χ2v) is 11.0. The molecule has 3 aliphatic heterocycles. The molecule has 3 saturated heterocycles. The fourth-order valence-corrected chi connectivity index (χ4v) is 6.30. The van der Waals surface area contributed by atoms with E-state index < -0.39 is 63.9 Å². The number of fused-ring (bicyclic) bond motifs is 1. The number of nitrogens with one attached hydrogen (secondary N) is 2. The standard InChI is InChI=1S/C23H27N5O7S.Na/c1-4-26-10-11-27(19(32)18(26)31)22(35)25-13(12-8-6-5-7-9-12)16(29)24-14-17(30)28-15(21(33)34)23(2,3)36-20(14)28;/h5-9,13-15,20H,4,10-11H2,1-3H3,(H,24,29)(H,25,35)(H,33,34);/q;+1/p-1/t13?,14?,15?,20-;/m1./s1. The molecule has 14 heteroatoms. The van der Waals surface area contributed by atoms with E-state index >= 15 is 0 Å². The third kappa shape index (κ3) is 5.22. The number of hydrogen-bond donors (Lipinski definition) is 2. The summed E-state index contributed by atoms with van der Waals surface area (Å²) in [5, 5.41) is 16.1. The number of β-lactam (4-membered cyclic amide) rings is 1. The number of amides is 6. The van der Waals surface area contributed by atoms with Gasteiger partial charge in [-0.2, -0.15) is 0 Å². The maximum Gasteiger partial charge on any atom is 1.00 e. The molecule has 2 N–H and O–H groups in total. The van der Waals surface area contributed by atoms with Gasteiger partial charge in [-0.1, -0.05) is 30.3 Å². The van der Waals surface area contributed by atoms with Crippen molar-refractivity contribution in [2.45, 2.75) is 49.0 Å². The molecule has 1 aromatic rings. The van der Waals surface area contributed by atoms with Crippen LogP contribution in [-0.4, -0.2) is 92.2 Å². The van der Waals surface area contributed by atoms with E-state index in [9.17, 15) is 33.9 Å². The van der Waals surface area contributed by atoms with Crippen LogP contribution < -0.4 is 45.3 Å². The Morgan fingerprint density at radius 2 is 1.76 bits per heavy atom. The SMILES string of the molecule is CCN1CCN(C(=O)NC(C(=O)NC2C(=O)N3C(C(=O)[O-])C(C)(C)S[C@H]23)c2ccccc2)C(=O)C1=O.[Na+]. The van der Waals surface area contributed by atoms with Gasteiger partial charge in [0.25, 0.3) is 0 Å². The Morgan fingerprint density at radius 1 is 1.11 bits per heavy atom. The first-order chi connectivity index (χ1) is 17.0. The van der Waals surface area contributed by atoms with Gasteiger partial charge in [0.2, 0.25) is 11.8 Å². The van der Waals surface area contributed by atoms with Crippen molar-refractivity contribution < 1.29 is 63.4 Å². The molecule has 3 fully saturated rings. The predicted octanol–water partition coefficient (Wildman–Crippen LogP) is -4.57. The van der Waals surface area contributed by atoms with Gasteiger partial charge in [-0.15, -0.1) is 11.8 Å². The smallest absolute Gasteiger partial charge is 0.548 e. The largest absolute Gasteiger partial charge is 1.00 e. The van der Waals surface area contributed by atoms with Crippen molar-refractivity contribution >= 4 is 47.4 Å². The molecule has 4 rings (SSSR count). The van der Waals surface area contributed by atoms with Gasteiger partial charge in [-0.3, -0.25) is 24.1 Å². The summed E-state index contributed by atoms with van der Waals surface area (Å²) in [6, 6.07) is 3.92. The van der Waals surface area contributed by atoms with E-state index in [-0.39, 0.29) is 42.6 Å². The quantitative estimate of drug-likeness (QED) is 0.208. The van der Waals surface area contributed by atoms with Crippen LogP contribution >= 0.6 is 11.8 Å². The van der Waals surface area contributed by atoms with Crippen LogP contribution in [0.3, 0.4) is 0 Å². The number of piperazine rings is 1. The summed E-state index contributed by atoms with van der Waals surface area (Å²) in [5.74, 6) is -4.44. The number of likely N-dealkylation sites (N-methyl/N-ethyl adjacent to an activating group) is 1. The Hall–Kier alpha value is -2.61. The molecule has 12 nitrogen and oxygen atoms in total. The second-order valence-electron chi connectivity index (χ2n) is 9.20. The summed E-state index contributed by atoms with van der Waals surface area (Å²) < 4.78 is -0.820. The molecule has 37 heavy (non-hydrogen) atoms. The molecule has 6 amide bonds. The average Bonchev–Trinajstić information content (AvgIpc) is 3.10. The van der Waals surface area contributed by atoms with Crippen LogP contribution in [0.15, 0.2) is 30.3 Å². The Balaban J connectivity index is 0.00000380. The van der Waals surface area contributed by atoms with Crippen LogP contribution in [0.1, 0.15) is 32.4 Å². The number of carbonyl (C=O) groups is 6. The van der Waals surface area contributed by atoms with Crippen molar-refractivity contribution in [1.82, 2.24) is 25.3 Å². The number of urea groups is 1. The number of hydrogen-bond acceptors (Lipinski definition) is 8. The van der Waals surface area contributed by atoms with Crippen LogP contribution in [0.5, 0.6) is 0 Å². The first-order valence-corrected chi connectivity index (χ1v) is 12.3. The molecule has 0 saturated carbocycles. The van der Waals surface area contributed by atoms with Gasteiger partial charge < -0.3 is 30.3 Å². The van der Waals surface area contributed by atoms with Crippen LogP contribution in [0.25, 0.3) is 0 Å². The zero-order chi connectivity index (χ0) is 26.4. The minimum Gasteiger partial charge on any atom is -0.548 e. The number of carboxylic acid groups (broad SMARTS) is 1. The summed E-state index contributed by atoms with van der Waals surface area (Å²) in [5.41, 5.74) is 0.393. The van der Waals surface area contributed by atoms with E-state index in [2.05, 4.69) is 10.6 Å². The number of rotatable bonds is 6. The van der Waals surface area contributed by atoms with Crippen molar-refractivity contribution in [3.8, 4) is 0 Å². The normalized spacial score (nSPS) is 25.0. The monoisotopic (exact) mass is 539 g/mol. The molecule has 3 unspecified atom stereocenters. The Morgan fingerprint density at radius 3 is 2.35 bits per heavy atom. The third-order valence-electron chi connectivity index (χ3n) is 6.56. The molecule has 0 bridgehead atoms. The molecule has 0 aromatic heterocycles. The molecule has 4 atom stereocenters.